The zero-order valence-corrected chi connectivity index (χ0v) is 9.83. The average molecular weight is 237 g/mol. The van der Waals surface area contributed by atoms with E-state index in [1.54, 1.807) is 6.08 Å². The Bertz CT molecular complexity index is 404. The Kier molecular flexibility index (Phi) is 4.80. The summed E-state index contributed by atoms with van der Waals surface area (Å²) in [7, 11) is 0. The number of hydrogen-bond acceptors (Lipinski definition) is 2. The molecular formula is C13H13ClO2. The SMILES string of the molecule is C=C(Cl)COC(=O)/C=C/c1ccc(C)cc1. The molecule has 0 aromatic heterocycles. The number of benzene rings is 1. The maximum absolute atomic E-state index is 11.2. The van der Waals surface area contributed by atoms with Crippen LogP contribution in [-0.4, -0.2) is 12.6 Å². The summed E-state index contributed by atoms with van der Waals surface area (Å²) in [6.45, 7) is 5.47. The van der Waals surface area contributed by atoms with Gasteiger partial charge in [0.25, 0.3) is 0 Å². The molecule has 0 aliphatic heterocycles. The lowest BCUT2D eigenvalue weighted by Gasteiger charge is -1.98. The molecule has 84 valence electrons. The molecule has 0 heterocycles. The van der Waals surface area contributed by atoms with Crippen molar-refractivity contribution >= 4 is 23.6 Å². The van der Waals surface area contributed by atoms with Gasteiger partial charge in [0, 0.05) is 11.1 Å². The predicted octanol–water partition coefficient (Wildman–Crippen LogP) is 3.30. The fraction of sp³-hybridized carbons (Fsp3) is 0.154. The Balaban J connectivity index is 2.50. The minimum absolute atomic E-state index is 0.0403. The number of carbonyl (C=O) groups is 1. The van der Waals surface area contributed by atoms with E-state index in [1.807, 2.05) is 31.2 Å². The van der Waals surface area contributed by atoms with E-state index in [4.69, 9.17) is 16.3 Å². The van der Waals surface area contributed by atoms with Crippen LogP contribution in [0.4, 0.5) is 0 Å². The van der Waals surface area contributed by atoms with Crippen LogP contribution in [0.15, 0.2) is 42.0 Å². The number of carbonyl (C=O) groups excluding carboxylic acids is 1. The minimum Gasteiger partial charge on any atom is -0.457 e. The first-order chi connectivity index (χ1) is 7.58. The van der Waals surface area contributed by atoms with Crippen molar-refractivity contribution in [3.05, 3.63) is 53.1 Å². The largest absolute Gasteiger partial charge is 0.457 e. The van der Waals surface area contributed by atoms with Gasteiger partial charge in [-0.1, -0.05) is 48.0 Å². The van der Waals surface area contributed by atoms with Gasteiger partial charge in [-0.25, -0.2) is 4.79 Å². The van der Waals surface area contributed by atoms with E-state index < -0.39 is 5.97 Å². The molecule has 0 atom stereocenters. The molecule has 16 heavy (non-hydrogen) atoms. The van der Waals surface area contributed by atoms with Crippen LogP contribution in [0.1, 0.15) is 11.1 Å². The third-order valence-electron chi connectivity index (χ3n) is 1.86. The predicted molar refractivity (Wildman–Crippen MR) is 66.2 cm³/mol. The molecule has 0 N–H and O–H groups in total. The maximum Gasteiger partial charge on any atom is 0.331 e. The molecule has 0 aliphatic rings. The highest BCUT2D eigenvalue weighted by atomic mass is 35.5. The third kappa shape index (κ3) is 4.80. The quantitative estimate of drug-likeness (QED) is 0.592. The van der Waals surface area contributed by atoms with Crippen molar-refractivity contribution in [2.24, 2.45) is 0 Å². The molecule has 2 nitrogen and oxygen atoms in total. The lowest BCUT2D eigenvalue weighted by Crippen LogP contribution is -2.01. The van der Waals surface area contributed by atoms with Crippen LogP contribution in [0.25, 0.3) is 6.08 Å². The second-order valence-corrected chi connectivity index (χ2v) is 3.90. The molecule has 3 heteroatoms. The van der Waals surface area contributed by atoms with Crippen molar-refractivity contribution < 1.29 is 9.53 Å². The van der Waals surface area contributed by atoms with Crippen LogP contribution in [0.2, 0.25) is 0 Å². The van der Waals surface area contributed by atoms with Crippen molar-refractivity contribution in [1.82, 2.24) is 0 Å². The van der Waals surface area contributed by atoms with Gasteiger partial charge >= 0.3 is 5.97 Å². The van der Waals surface area contributed by atoms with E-state index in [9.17, 15) is 4.79 Å². The molecule has 0 spiro atoms. The van der Waals surface area contributed by atoms with Crippen molar-refractivity contribution in [1.29, 1.82) is 0 Å². The van der Waals surface area contributed by atoms with E-state index in [0.717, 1.165) is 5.56 Å². The molecule has 0 saturated carbocycles. The highest BCUT2D eigenvalue weighted by Gasteiger charge is 1.97. The van der Waals surface area contributed by atoms with Crippen molar-refractivity contribution in [3.63, 3.8) is 0 Å². The number of hydrogen-bond donors (Lipinski definition) is 0. The van der Waals surface area contributed by atoms with Gasteiger partial charge in [-0.15, -0.1) is 0 Å². The lowest BCUT2D eigenvalue weighted by molar-refractivity contribution is -0.136. The van der Waals surface area contributed by atoms with Gasteiger partial charge in [-0.05, 0) is 18.6 Å². The minimum atomic E-state index is -0.428. The Labute approximate surface area is 100 Å². The molecule has 0 aliphatic carbocycles. The summed E-state index contributed by atoms with van der Waals surface area (Å²) in [5.41, 5.74) is 2.13. The fourth-order valence-corrected chi connectivity index (χ4v) is 1.09. The Hall–Kier alpha value is -1.54. The summed E-state index contributed by atoms with van der Waals surface area (Å²) in [6.07, 6.45) is 3.06. The first kappa shape index (κ1) is 12.5. The van der Waals surface area contributed by atoms with E-state index in [2.05, 4.69) is 6.58 Å². The van der Waals surface area contributed by atoms with E-state index in [1.165, 1.54) is 11.6 Å². The van der Waals surface area contributed by atoms with Crippen molar-refractivity contribution in [2.45, 2.75) is 6.92 Å². The third-order valence-corrected chi connectivity index (χ3v) is 1.97. The van der Waals surface area contributed by atoms with Crippen LogP contribution >= 0.6 is 11.6 Å². The van der Waals surface area contributed by atoms with Crippen LogP contribution in [0, 0.1) is 6.92 Å². The number of esters is 1. The molecule has 1 rings (SSSR count). The van der Waals surface area contributed by atoms with Gasteiger partial charge in [-0.3, -0.25) is 0 Å². The number of aryl methyl sites for hydroxylation is 1. The summed E-state index contributed by atoms with van der Waals surface area (Å²) >= 11 is 5.46. The molecular weight excluding hydrogens is 224 g/mol. The van der Waals surface area contributed by atoms with Crippen LogP contribution in [0.5, 0.6) is 0 Å². The molecule has 1 aromatic carbocycles. The Morgan fingerprint density at radius 3 is 2.62 bits per heavy atom. The van der Waals surface area contributed by atoms with Gasteiger partial charge in [0.2, 0.25) is 0 Å². The molecule has 0 amide bonds. The zero-order chi connectivity index (χ0) is 12.0. The summed E-state index contributed by atoms with van der Waals surface area (Å²) in [5, 5.41) is 0.303. The van der Waals surface area contributed by atoms with Crippen LogP contribution in [-0.2, 0) is 9.53 Å². The molecule has 0 radical (unpaired) electrons. The Morgan fingerprint density at radius 1 is 1.44 bits per heavy atom. The second-order valence-electron chi connectivity index (χ2n) is 3.37. The molecule has 0 bridgehead atoms. The average Bonchev–Trinajstić information content (AvgIpc) is 2.25. The summed E-state index contributed by atoms with van der Waals surface area (Å²) in [5.74, 6) is -0.428. The van der Waals surface area contributed by atoms with Gasteiger partial charge in [-0.2, -0.15) is 0 Å². The van der Waals surface area contributed by atoms with Crippen LogP contribution in [0.3, 0.4) is 0 Å². The highest BCUT2D eigenvalue weighted by molar-refractivity contribution is 6.29. The summed E-state index contributed by atoms with van der Waals surface area (Å²) in [4.78, 5) is 11.2. The topological polar surface area (TPSA) is 26.3 Å². The highest BCUT2D eigenvalue weighted by Crippen LogP contribution is 2.05. The lowest BCUT2D eigenvalue weighted by atomic mass is 10.1. The van der Waals surface area contributed by atoms with E-state index >= 15 is 0 Å². The normalized spacial score (nSPS) is 10.4. The van der Waals surface area contributed by atoms with E-state index in [0.29, 0.717) is 5.03 Å². The van der Waals surface area contributed by atoms with Gasteiger partial charge in [0.05, 0.1) is 0 Å². The number of ether oxygens (including phenoxy) is 1. The fourth-order valence-electron chi connectivity index (χ4n) is 1.04. The van der Waals surface area contributed by atoms with Crippen LogP contribution < -0.4 is 0 Å². The first-order valence-corrected chi connectivity index (χ1v) is 5.20. The summed E-state index contributed by atoms with van der Waals surface area (Å²) in [6, 6.07) is 7.82. The Morgan fingerprint density at radius 2 is 2.06 bits per heavy atom. The monoisotopic (exact) mass is 236 g/mol. The standard InChI is InChI=1S/C13H13ClO2/c1-10-3-5-12(6-4-10)7-8-13(15)16-9-11(2)14/h3-8H,2,9H2,1H3/b8-7+. The molecule has 1 aromatic rings. The first-order valence-electron chi connectivity index (χ1n) is 4.83. The molecule has 0 unspecified atom stereocenters. The van der Waals surface area contributed by atoms with Crippen molar-refractivity contribution in [3.8, 4) is 0 Å². The molecule has 0 saturated heterocycles. The van der Waals surface area contributed by atoms with Gasteiger partial charge in [0.15, 0.2) is 0 Å². The number of halogens is 1. The zero-order valence-electron chi connectivity index (χ0n) is 9.07. The summed E-state index contributed by atoms with van der Waals surface area (Å²) < 4.78 is 4.79. The van der Waals surface area contributed by atoms with Crippen molar-refractivity contribution in [2.75, 3.05) is 6.61 Å². The second kappa shape index (κ2) is 6.13. The molecule has 0 fully saturated rings. The van der Waals surface area contributed by atoms with E-state index in [-0.39, 0.29) is 6.61 Å². The maximum atomic E-state index is 11.2. The van der Waals surface area contributed by atoms with Gasteiger partial charge in [0.1, 0.15) is 6.61 Å². The smallest absolute Gasteiger partial charge is 0.331 e. The van der Waals surface area contributed by atoms with Gasteiger partial charge < -0.3 is 4.74 Å². The number of rotatable bonds is 4.